The topological polar surface area (TPSA) is 27.7 Å². The largest absolute Gasteiger partial charge is 0.493 e. The van der Waals surface area contributed by atoms with E-state index >= 15 is 0 Å². The number of benzene rings is 1. The van der Waals surface area contributed by atoms with Gasteiger partial charge in [-0.3, -0.25) is 0 Å². The van der Waals surface area contributed by atoms with Crippen LogP contribution in [0.4, 0.5) is 0 Å². The average molecular weight is 420 g/mol. The van der Waals surface area contributed by atoms with Crippen LogP contribution in [0.15, 0.2) is 16.6 Å². The maximum Gasteiger partial charge on any atom is 0.175 e. The fourth-order valence-corrected chi connectivity index (χ4v) is 4.04. The summed E-state index contributed by atoms with van der Waals surface area (Å²) in [6.45, 7) is 0.796. The zero-order chi connectivity index (χ0) is 14.9. The molecule has 0 aromatic heterocycles. The minimum Gasteiger partial charge on any atom is -0.493 e. The highest BCUT2D eigenvalue weighted by Gasteiger charge is 2.43. The molecule has 1 saturated carbocycles. The molecule has 1 heterocycles. The molecule has 0 radical (unpaired) electrons. The molecule has 1 atom stereocenters. The van der Waals surface area contributed by atoms with Crippen molar-refractivity contribution in [2.75, 3.05) is 13.7 Å². The summed E-state index contributed by atoms with van der Waals surface area (Å²) < 4.78 is 18.7. The van der Waals surface area contributed by atoms with E-state index in [4.69, 9.17) is 14.2 Å². The van der Waals surface area contributed by atoms with Crippen LogP contribution in [0.5, 0.6) is 11.5 Å². The van der Waals surface area contributed by atoms with Gasteiger partial charge in [-0.15, -0.1) is 0 Å². The summed E-state index contributed by atoms with van der Waals surface area (Å²) in [5, 5.41) is 0.794. The van der Waals surface area contributed by atoms with Gasteiger partial charge < -0.3 is 14.2 Å². The lowest BCUT2D eigenvalue weighted by Crippen LogP contribution is -2.48. The van der Waals surface area contributed by atoms with Gasteiger partial charge in [0.15, 0.2) is 11.5 Å². The fourth-order valence-electron chi connectivity index (χ4n) is 3.13. The Morgan fingerprint density at radius 3 is 2.81 bits per heavy atom. The van der Waals surface area contributed by atoms with E-state index in [0.29, 0.717) is 0 Å². The maximum atomic E-state index is 6.27. The van der Waals surface area contributed by atoms with E-state index in [1.807, 2.05) is 6.07 Å². The zero-order valence-corrected chi connectivity index (χ0v) is 15.3. The van der Waals surface area contributed by atoms with Gasteiger partial charge in [-0.25, -0.2) is 0 Å². The zero-order valence-electron chi connectivity index (χ0n) is 12.2. The molecule has 116 valence electrons. The number of hydrogen-bond donors (Lipinski definition) is 0. The van der Waals surface area contributed by atoms with Crippen molar-refractivity contribution < 1.29 is 14.2 Å². The van der Waals surface area contributed by atoms with Gasteiger partial charge in [-0.05, 0) is 52.9 Å². The van der Waals surface area contributed by atoms with Gasteiger partial charge in [0.2, 0.25) is 0 Å². The van der Waals surface area contributed by atoms with Gasteiger partial charge in [-0.2, -0.15) is 0 Å². The van der Waals surface area contributed by atoms with Crippen LogP contribution in [-0.4, -0.2) is 25.4 Å². The predicted octanol–water partition coefficient (Wildman–Crippen LogP) is 4.83. The molecule has 3 nitrogen and oxygen atoms in total. The molecule has 5 heteroatoms. The first-order chi connectivity index (χ1) is 10.2. The second-order valence-corrected chi connectivity index (χ2v) is 7.28. The van der Waals surface area contributed by atoms with Crippen molar-refractivity contribution >= 4 is 31.9 Å². The highest BCUT2D eigenvalue weighted by molar-refractivity contribution is 9.10. The van der Waals surface area contributed by atoms with Crippen LogP contribution in [0.3, 0.4) is 0 Å². The molecule has 0 N–H and O–H groups in total. The van der Waals surface area contributed by atoms with E-state index in [9.17, 15) is 0 Å². The Labute approximate surface area is 142 Å². The smallest absolute Gasteiger partial charge is 0.175 e. The molecule has 21 heavy (non-hydrogen) atoms. The van der Waals surface area contributed by atoms with E-state index < -0.39 is 0 Å². The monoisotopic (exact) mass is 418 g/mol. The number of hydrogen-bond acceptors (Lipinski definition) is 3. The Balaban J connectivity index is 1.77. The quantitative estimate of drug-likeness (QED) is 0.654. The SMILES string of the molecule is COc1cc(CBr)cc(Br)c1OC1CCOC2(CCC2)C1. The Hall–Kier alpha value is -0.260. The van der Waals surface area contributed by atoms with Crippen molar-refractivity contribution in [3.63, 3.8) is 0 Å². The molecule has 1 aliphatic carbocycles. The average Bonchev–Trinajstić information content (AvgIpc) is 2.47. The first-order valence-electron chi connectivity index (χ1n) is 7.39. The Morgan fingerprint density at radius 1 is 1.38 bits per heavy atom. The minimum absolute atomic E-state index is 0.0957. The van der Waals surface area contributed by atoms with E-state index in [1.165, 1.54) is 19.3 Å². The van der Waals surface area contributed by atoms with Crippen molar-refractivity contribution in [2.45, 2.75) is 49.1 Å². The number of ether oxygens (including phenoxy) is 3. The molecule has 1 aromatic carbocycles. The van der Waals surface area contributed by atoms with Crippen molar-refractivity contribution in [1.29, 1.82) is 0 Å². The number of methoxy groups -OCH3 is 1. The van der Waals surface area contributed by atoms with Crippen molar-refractivity contribution in [3.8, 4) is 11.5 Å². The lowest BCUT2D eigenvalue weighted by molar-refractivity contribution is -0.153. The highest BCUT2D eigenvalue weighted by Crippen LogP contribution is 2.45. The van der Waals surface area contributed by atoms with E-state index in [1.54, 1.807) is 7.11 Å². The number of alkyl halides is 1. The first-order valence-corrected chi connectivity index (χ1v) is 9.30. The standard InChI is InChI=1S/C16H20Br2O3/c1-19-14-8-11(10-17)7-13(18)15(14)21-12-3-6-20-16(9-12)4-2-5-16/h7-8,12H,2-6,9-10H2,1H3. The highest BCUT2D eigenvalue weighted by atomic mass is 79.9. The van der Waals surface area contributed by atoms with Crippen molar-refractivity contribution in [2.24, 2.45) is 0 Å². The summed E-state index contributed by atoms with van der Waals surface area (Å²) >= 11 is 7.09. The van der Waals surface area contributed by atoms with Gasteiger partial charge in [0, 0.05) is 18.2 Å². The van der Waals surface area contributed by atoms with Crippen LogP contribution in [0.25, 0.3) is 0 Å². The van der Waals surface area contributed by atoms with Gasteiger partial charge in [0.1, 0.15) is 6.10 Å². The predicted molar refractivity (Wildman–Crippen MR) is 89.5 cm³/mol. The number of halogens is 2. The van der Waals surface area contributed by atoms with Crippen LogP contribution >= 0.6 is 31.9 Å². The third-order valence-corrected chi connectivity index (χ3v) is 5.68. The van der Waals surface area contributed by atoms with Gasteiger partial charge in [0.25, 0.3) is 0 Å². The second kappa shape index (κ2) is 6.47. The van der Waals surface area contributed by atoms with Crippen molar-refractivity contribution in [1.82, 2.24) is 0 Å². The van der Waals surface area contributed by atoms with Gasteiger partial charge in [0.05, 0.1) is 23.8 Å². The summed E-state index contributed by atoms with van der Waals surface area (Å²) in [5.74, 6) is 1.59. The van der Waals surface area contributed by atoms with Crippen LogP contribution in [0.1, 0.15) is 37.7 Å². The maximum absolute atomic E-state index is 6.27. The molecule has 1 spiro atoms. The van der Waals surface area contributed by atoms with Crippen molar-refractivity contribution in [3.05, 3.63) is 22.2 Å². The van der Waals surface area contributed by atoms with Crippen LogP contribution < -0.4 is 9.47 Å². The Bertz CT molecular complexity index is 514. The molecule has 0 amide bonds. The van der Waals surface area contributed by atoms with Crippen LogP contribution in [-0.2, 0) is 10.1 Å². The lowest BCUT2D eigenvalue weighted by Gasteiger charge is -2.47. The number of rotatable bonds is 4. The van der Waals surface area contributed by atoms with Crippen LogP contribution in [0.2, 0.25) is 0 Å². The summed E-state index contributed by atoms with van der Waals surface area (Å²) in [5.41, 5.74) is 1.26. The molecule has 1 aromatic rings. The lowest BCUT2D eigenvalue weighted by atomic mass is 9.74. The molecule has 0 bridgehead atoms. The molecular weight excluding hydrogens is 400 g/mol. The molecule has 2 fully saturated rings. The third kappa shape index (κ3) is 3.25. The summed E-state index contributed by atoms with van der Waals surface area (Å²) in [6, 6.07) is 4.10. The van der Waals surface area contributed by atoms with E-state index in [0.717, 1.165) is 46.3 Å². The van der Waals surface area contributed by atoms with E-state index in [-0.39, 0.29) is 11.7 Å². The molecular formula is C16H20Br2O3. The fraction of sp³-hybridized carbons (Fsp3) is 0.625. The summed E-state index contributed by atoms with van der Waals surface area (Å²) in [7, 11) is 1.68. The van der Waals surface area contributed by atoms with Gasteiger partial charge >= 0.3 is 0 Å². The van der Waals surface area contributed by atoms with Gasteiger partial charge in [-0.1, -0.05) is 15.9 Å². The molecule has 1 unspecified atom stereocenters. The molecule has 2 aliphatic rings. The first kappa shape index (κ1) is 15.6. The van der Waals surface area contributed by atoms with Crippen LogP contribution in [0, 0.1) is 0 Å². The third-order valence-electron chi connectivity index (χ3n) is 4.44. The summed E-state index contributed by atoms with van der Waals surface area (Å²) in [6.07, 6.45) is 5.76. The molecule has 1 aliphatic heterocycles. The summed E-state index contributed by atoms with van der Waals surface area (Å²) in [4.78, 5) is 0. The Morgan fingerprint density at radius 2 is 2.19 bits per heavy atom. The molecule has 3 rings (SSSR count). The van der Waals surface area contributed by atoms with E-state index in [2.05, 4.69) is 37.9 Å². The Kier molecular flexibility index (Phi) is 4.81. The second-order valence-electron chi connectivity index (χ2n) is 5.86. The minimum atomic E-state index is 0.0957. The normalized spacial score (nSPS) is 23.7. The molecule has 1 saturated heterocycles.